The van der Waals surface area contributed by atoms with Crippen LogP contribution in [0.2, 0.25) is 0 Å². The number of amides is 2. The van der Waals surface area contributed by atoms with Crippen LogP contribution in [0.25, 0.3) is 0 Å². The third-order valence-corrected chi connectivity index (χ3v) is 3.75. The maximum atomic E-state index is 12.2. The molecule has 2 rings (SSSR count). The van der Waals surface area contributed by atoms with E-state index < -0.39 is 18.0 Å². The second-order valence-electron chi connectivity index (χ2n) is 5.18. The number of ether oxygens (including phenoxy) is 2. The Labute approximate surface area is 122 Å². The Balaban J connectivity index is 2.03. The van der Waals surface area contributed by atoms with E-state index >= 15 is 0 Å². The molecule has 21 heavy (non-hydrogen) atoms. The maximum Gasteiger partial charge on any atom is 0.416 e. The van der Waals surface area contributed by atoms with E-state index in [1.807, 2.05) is 6.92 Å². The number of nitrogens with zero attached hydrogens (tertiary/aromatic N) is 2. The van der Waals surface area contributed by atoms with E-state index in [0.29, 0.717) is 6.54 Å². The topological polar surface area (TPSA) is 96.4 Å². The number of carboxylic acids is 1. The molecule has 0 aromatic rings. The van der Waals surface area contributed by atoms with Crippen molar-refractivity contribution < 1.29 is 29.0 Å². The molecule has 2 fully saturated rings. The molecule has 0 aliphatic carbocycles. The Morgan fingerprint density at radius 3 is 2.76 bits per heavy atom. The molecule has 2 aliphatic heterocycles. The van der Waals surface area contributed by atoms with Crippen molar-refractivity contribution in [1.29, 1.82) is 0 Å². The summed E-state index contributed by atoms with van der Waals surface area (Å²) in [6.45, 7) is 3.43. The summed E-state index contributed by atoms with van der Waals surface area (Å²) in [4.78, 5) is 37.7. The van der Waals surface area contributed by atoms with Crippen molar-refractivity contribution in [3.8, 4) is 0 Å². The lowest BCUT2D eigenvalue weighted by Crippen LogP contribution is -2.49. The highest BCUT2D eigenvalue weighted by atomic mass is 16.6. The number of aliphatic carboxylic acids is 1. The molecule has 0 saturated carbocycles. The van der Waals surface area contributed by atoms with Crippen molar-refractivity contribution in [2.24, 2.45) is 5.92 Å². The summed E-state index contributed by atoms with van der Waals surface area (Å²) < 4.78 is 9.99. The van der Waals surface area contributed by atoms with Crippen LogP contribution in [0.3, 0.4) is 0 Å². The highest BCUT2D eigenvalue weighted by Gasteiger charge is 2.39. The number of rotatable bonds is 6. The smallest absolute Gasteiger partial charge is 0.416 e. The monoisotopic (exact) mass is 300 g/mol. The van der Waals surface area contributed by atoms with Gasteiger partial charge in [0.05, 0.1) is 32.2 Å². The zero-order valence-corrected chi connectivity index (χ0v) is 12.0. The van der Waals surface area contributed by atoms with E-state index in [0.717, 1.165) is 11.3 Å². The molecule has 0 aromatic heterocycles. The van der Waals surface area contributed by atoms with Crippen molar-refractivity contribution in [3.63, 3.8) is 0 Å². The van der Waals surface area contributed by atoms with Gasteiger partial charge >= 0.3 is 12.1 Å². The van der Waals surface area contributed by atoms with Gasteiger partial charge in [-0.05, 0) is 13.0 Å². The van der Waals surface area contributed by atoms with Crippen LogP contribution in [0.15, 0.2) is 0 Å². The quantitative estimate of drug-likeness (QED) is 0.724. The van der Waals surface area contributed by atoms with E-state index in [4.69, 9.17) is 9.47 Å². The molecule has 2 heterocycles. The van der Waals surface area contributed by atoms with E-state index in [1.165, 1.54) is 0 Å². The Kier molecular flexibility index (Phi) is 5.13. The van der Waals surface area contributed by atoms with Crippen LogP contribution in [0.4, 0.5) is 4.79 Å². The molecule has 0 spiro atoms. The predicted octanol–water partition coefficient (Wildman–Crippen LogP) is -0.223. The third kappa shape index (κ3) is 3.51. The van der Waals surface area contributed by atoms with Crippen LogP contribution in [0, 0.1) is 5.92 Å². The number of cyclic esters (lactones) is 1. The van der Waals surface area contributed by atoms with Gasteiger partial charge in [0.1, 0.15) is 6.61 Å². The summed E-state index contributed by atoms with van der Waals surface area (Å²) in [5.74, 6) is -1.93. The molecule has 8 heteroatoms. The van der Waals surface area contributed by atoms with E-state index in [1.54, 1.807) is 4.90 Å². The van der Waals surface area contributed by atoms with E-state index in [-0.39, 0.29) is 44.9 Å². The summed E-state index contributed by atoms with van der Waals surface area (Å²) in [5, 5.41) is 9.21. The van der Waals surface area contributed by atoms with Gasteiger partial charge in [-0.25, -0.2) is 9.69 Å². The summed E-state index contributed by atoms with van der Waals surface area (Å²) in [7, 11) is 0. The van der Waals surface area contributed by atoms with Gasteiger partial charge in [-0.1, -0.05) is 6.92 Å². The molecule has 2 aliphatic rings. The van der Waals surface area contributed by atoms with E-state index in [2.05, 4.69) is 0 Å². The van der Waals surface area contributed by atoms with Gasteiger partial charge < -0.3 is 14.6 Å². The average molecular weight is 300 g/mol. The third-order valence-electron chi connectivity index (χ3n) is 3.75. The van der Waals surface area contributed by atoms with Crippen molar-refractivity contribution in [1.82, 2.24) is 9.80 Å². The van der Waals surface area contributed by atoms with Crippen LogP contribution in [0.5, 0.6) is 0 Å². The fraction of sp³-hybridized carbons (Fsp3) is 0.769. The Hall–Kier alpha value is -1.67. The summed E-state index contributed by atoms with van der Waals surface area (Å²) in [6.07, 6.45) is 0.148. The molecule has 0 radical (unpaired) electrons. The van der Waals surface area contributed by atoms with Crippen LogP contribution >= 0.6 is 0 Å². The normalized spacial score (nSPS) is 25.4. The number of carboxylic acid groups (broad SMARTS) is 1. The molecule has 0 aromatic carbocycles. The van der Waals surface area contributed by atoms with Gasteiger partial charge in [0.25, 0.3) is 0 Å². The Morgan fingerprint density at radius 1 is 1.43 bits per heavy atom. The summed E-state index contributed by atoms with van der Waals surface area (Å²) in [6, 6.07) is -0.343. The van der Waals surface area contributed by atoms with Crippen molar-refractivity contribution in [2.45, 2.75) is 19.4 Å². The first-order valence-electron chi connectivity index (χ1n) is 7.06. The largest absolute Gasteiger partial charge is 0.481 e. The SMILES string of the molecule is CCCN(CC(=O)N1CCOC1=O)C1COCC1C(=O)O. The highest BCUT2D eigenvalue weighted by molar-refractivity contribution is 5.94. The summed E-state index contributed by atoms with van der Waals surface area (Å²) in [5.41, 5.74) is 0. The lowest BCUT2D eigenvalue weighted by atomic mass is 10.0. The molecule has 2 amide bonds. The van der Waals surface area contributed by atoms with Crippen LogP contribution in [-0.2, 0) is 19.1 Å². The highest BCUT2D eigenvalue weighted by Crippen LogP contribution is 2.21. The predicted molar refractivity (Wildman–Crippen MR) is 70.7 cm³/mol. The van der Waals surface area contributed by atoms with Crippen LogP contribution in [-0.4, -0.2) is 78.4 Å². The lowest BCUT2D eigenvalue weighted by molar-refractivity contribution is -0.144. The van der Waals surface area contributed by atoms with Crippen molar-refractivity contribution in [2.75, 3.05) is 39.5 Å². The van der Waals surface area contributed by atoms with Gasteiger partial charge in [-0.3, -0.25) is 14.5 Å². The van der Waals surface area contributed by atoms with Gasteiger partial charge in [0.2, 0.25) is 5.91 Å². The average Bonchev–Trinajstić information content (AvgIpc) is 3.06. The first-order valence-corrected chi connectivity index (χ1v) is 7.06. The number of carbonyl (C=O) groups is 3. The molecule has 0 bridgehead atoms. The molecule has 8 nitrogen and oxygen atoms in total. The second-order valence-corrected chi connectivity index (χ2v) is 5.18. The van der Waals surface area contributed by atoms with Crippen molar-refractivity contribution in [3.05, 3.63) is 0 Å². The molecular formula is C13H20N2O6. The van der Waals surface area contributed by atoms with Crippen LogP contribution in [0.1, 0.15) is 13.3 Å². The van der Waals surface area contributed by atoms with Crippen molar-refractivity contribution >= 4 is 18.0 Å². The molecule has 2 atom stereocenters. The lowest BCUT2D eigenvalue weighted by Gasteiger charge is -2.30. The van der Waals surface area contributed by atoms with Gasteiger partial charge in [0, 0.05) is 6.04 Å². The minimum Gasteiger partial charge on any atom is -0.481 e. The molecular weight excluding hydrogens is 280 g/mol. The Bertz CT molecular complexity index is 427. The standard InChI is InChI=1S/C13H20N2O6/c1-2-3-14(10-8-20-7-9(10)12(17)18)6-11(16)15-4-5-21-13(15)19/h9-10H,2-8H2,1H3,(H,17,18). The minimum absolute atomic E-state index is 0.000741. The molecule has 2 unspecified atom stereocenters. The number of hydrogen-bond donors (Lipinski definition) is 1. The molecule has 118 valence electrons. The minimum atomic E-state index is -0.924. The van der Waals surface area contributed by atoms with Crippen LogP contribution < -0.4 is 0 Å². The number of imide groups is 1. The fourth-order valence-electron chi connectivity index (χ4n) is 2.67. The Morgan fingerprint density at radius 2 is 2.19 bits per heavy atom. The fourth-order valence-corrected chi connectivity index (χ4v) is 2.67. The van der Waals surface area contributed by atoms with Gasteiger partial charge in [0.15, 0.2) is 0 Å². The number of hydrogen-bond acceptors (Lipinski definition) is 6. The molecule has 1 N–H and O–H groups in total. The zero-order chi connectivity index (χ0) is 15.4. The first-order chi connectivity index (χ1) is 10.0. The molecule has 2 saturated heterocycles. The summed E-state index contributed by atoms with van der Waals surface area (Å²) >= 11 is 0. The maximum absolute atomic E-state index is 12.2. The van der Waals surface area contributed by atoms with Gasteiger partial charge in [-0.2, -0.15) is 0 Å². The van der Waals surface area contributed by atoms with E-state index in [9.17, 15) is 19.5 Å². The van der Waals surface area contributed by atoms with Gasteiger partial charge in [-0.15, -0.1) is 0 Å². The number of carbonyl (C=O) groups excluding carboxylic acids is 2. The first kappa shape index (κ1) is 15.7. The second kappa shape index (κ2) is 6.86. The zero-order valence-electron chi connectivity index (χ0n) is 12.0.